The van der Waals surface area contributed by atoms with Crippen molar-refractivity contribution in [2.24, 2.45) is 0 Å². The molecule has 114 valence electrons. The van der Waals surface area contributed by atoms with E-state index in [1.54, 1.807) is 13.4 Å². The third kappa shape index (κ3) is 1.98. The first-order valence-electron chi connectivity index (χ1n) is 7.28. The van der Waals surface area contributed by atoms with Crippen LogP contribution in [-0.4, -0.2) is 31.4 Å². The zero-order valence-corrected chi connectivity index (χ0v) is 12.9. The molecule has 1 aliphatic heterocycles. The fraction of sp³-hybridized carbons (Fsp3) is 0.235. The molecule has 0 spiro atoms. The number of benzene rings is 1. The molecule has 6 nitrogen and oxygen atoms in total. The van der Waals surface area contributed by atoms with E-state index in [2.05, 4.69) is 46.2 Å². The van der Waals surface area contributed by atoms with Crippen molar-refractivity contribution < 1.29 is 4.74 Å². The van der Waals surface area contributed by atoms with Gasteiger partial charge < -0.3 is 9.30 Å². The number of hydrogen-bond donors (Lipinski definition) is 0. The monoisotopic (exact) mass is 305 g/mol. The van der Waals surface area contributed by atoms with Gasteiger partial charge in [0.1, 0.15) is 18.6 Å². The summed E-state index contributed by atoms with van der Waals surface area (Å²) in [6.07, 6.45) is 7.39. The number of rotatable bonds is 2. The SMILES string of the molecule is C#Cc1ncn2c1Cn1c(COC)nnc1-c1cc(C)ccc1-2. The number of hydrogen-bond acceptors (Lipinski definition) is 4. The van der Waals surface area contributed by atoms with Crippen LogP contribution in [-0.2, 0) is 17.9 Å². The highest BCUT2D eigenvalue weighted by atomic mass is 16.5. The zero-order valence-electron chi connectivity index (χ0n) is 12.9. The number of nitrogens with zero attached hydrogens (tertiary/aromatic N) is 5. The van der Waals surface area contributed by atoms with Gasteiger partial charge in [-0.15, -0.1) is 16.6 Å². The Kier molecular flexibility index (Phi) is 3.03. The molecule has 3 heterocycles. The van der Waals surface area contributed by atoms with Crippen LogP contribution in [0.25, 0.3) is 17.1 Å². The van der Waals surface area contributed by atoms with Gasteiger partial charge in [-0.3, -0.25) is 4.57 Å². The van der Waals surface area contributed by atoms with Crippen molar-refractivity contribution in [1.29, 1.82) is 0 Å². The van der Waals surface area contributed by atoms with Gasteiger partial charge in [0.05, 0.1) is 17.9 Å². The lowest BCUT2D eigenvalue weighted by Crippen LogP contribution is -2.09. The van der Waals surface area contributed by atoms with E-state index >= 15 is 0 Å². The van der Waals surface area contributed by atoms with Crippen LogP contribution < -0.4 is 0 Å². The van der Waals surface area contributed by atoms with Gasteiger partial charge in [0, 0.05) is 12.7 Å². The van der Waals surface area contributed by atoms with Crippen molar-refractivity contribution in [1.82, 2.24) is 24.3 Å². The summed E-state index contributed by atoms with van der Waals surface area (Å²) in [5.74, 6) is 4.25. The third-order valence-electron chi connectivity index (χ3n) is 4.06. The Balaban J connectivity index is 2.05. The van der Waals surface area contributed by atoms with Gasteiger partial charge in [-0.05, 0) is 25.0 Å². The molecule has 0 unspecified atom stereocenters. The first-order chi connectivity index (χ1) is 11.2. The summed E-state index contributed by atoms with van der Waals surface area (Å²) in [6, 6.07) is 6.24. The third-order valence-corrected chi connectivity index (χ3v) is 4.06. The Bertz CT molecular complexity index is 945. The first-order valence-corrected chi connectivity index (χ1v) is 7.28. The van der Waals surface area contributed by atoms with Crippen LogP contribution in [0.3, 0.4) is 0 Å². The Labute approximate surface area is 133 Å². The number of ether oxygens (including phenoxy) is 1. The van der Waals surface area contributed by atoms with Gasteiger partial charge >= 0.3 is 0 Å². The highest BCUT2D eigenvalue weighted by molar-refractivity contribution is 5.70. The van der Waals surface area contributed by atoms with Crippen molar-refractivity contribution in [2.75, 3.05) is 7.11 Å². The summed E-state index contributed by atoms with van der Waals surface area (Å²) >= 11 is 0. The lowest BCUT2D eigenvalue weighted by atomic mass is 10.1. The molecule has 23 heavy (non-hydrogen) atoms. The molecule has 0 radical (unpaired) electrons. The van der Waals surface area contributed by atoms with E-state index in [9.17, 15) is 0 Å². The largest absolute Gasteiger partial charge is 0.377 e. The molecule has 0 fully saturated rings. The normalized spacial score (nSPS) is 12.0. The molecule has 1 aliphatic rings. The summed E-state index contributed by atoms with van der Waals surface area (Å²) in [7, 11) is 1.65. The van der Waals surface area contributed by atoms with Crippen LogP contribution in [0.4, 0.5) is 0 Å². The number of aromatic nitrogens is 5. The molecular weight excluding hydrogens is 290 g/mol. The minimum absolute atomic E-state index is 0.397. The molecule has 4 rings (SSSR count). The number of methoxy groups -OCH3 is 1. The van der Waals surface area contributed by atoms with Crippen LogP contribution in [0.5, 0.6) is 0 Å². The van der Waals surface area contributed by atoms with E-state index in [4.69, 9.17) is 11.2 Å². The van der Waals surface area contributed by atoms with Gasteiger partial charge in [0.15, 0.2) is 11.6 Å². The Morgan fingerprint density at radius 2 is 2.22 bits per heavy atom. The molecule has 0 aliphatic carbocycles. The molecule has 0 N–H and O–H groups in total. The second kappa shape index (κ2) is 5.07. The van der Waals surface area contributed by atoms with Crippen molar-refractivity contribution in [3.63, 3.8) is 0 Å². The molecule has 1 aromatic carbocycles. The number of aryl methyl sites for hydroxylation is 1. The quantitative estimate of drug-likeness (QED) is 0.531. The maximum atomic E-state index is 5.61. The van der Waals surface area contributed by atoms with Crippen LogP contribution in [0, 0.1) is 19.3 Å². The fourth-order valence-corrected chi connectivity index (χ4v) is 2.98. The summed E-state index contributed by atoms with van der Waals surface area (Å²) in [6.45, 7) is 3.02. The molecule has 0 saturated carbocycles. The summed E-state index contributed by atoms with van der Waals surface area (Å²) in [5.41, 5.74) is 4.77. The predicted molar refractivity (Wildman–Crippen MR) is 85.1 cm³/mol. The van der Waals surface area contributed by atoms with Gasteiger partial charge in [0.2, 0.25) is 0 Å². The van der Waals surface area contributed by atoms with Gasteiger partial charge in [-0.1, -0.05) is 11.6 Å². The van der Waals surface area contributed by atoms with Crippen LogP contribution >= 0.6 is 0 Å². The van der Waals surface area contributed by atoms with E-state index in [0.717, 1.165) is 34.2 Å². The van der Waals surface area contributed by atoms with Crippen LogP contribution in [0.2, 0.25) is 0 Å². The van der Waals surface area contributed by atoms with E-state index in [0.29, 0.717) is 18.8 Å². The van der Waals surface area contributed by atoms with Gasteiger partial charge in [0.25, 0.3) is 0 Å². The molecule has 0 atom stereocenters. The van der Waals surface area contributed by atoms with Gasteiger partial charge in [-0.2, -0.15) is 0 Å². The summed E-state index contributed by atoms with van der Waals surface area (Å²) in [4.78, 5) is 4.35. The average molecular weight is 305 g/mol. The van der Waals surface area contributed by atoms with E-state index in [-0.39, 0.29) is 0 Å². The Hall–Kier alpha value is -2.91. The molecular formula is C17H15N5O. The maximum absolute atomic E-state index is 5.61. The smallest absolute Gasteiger partial charge is 0.166 e. The average Bonchev–Trinajstić information content (AvgIpc) is 3.10. The van der Waals surface area contributed by atoms with Crippen LogP contribution in [0.1, 0.15) is 22.8 Å². The minimum atomic E-state index is 0.397. The Morgan fingerprint density at radius 1 is 1.35 bits per heavy atom. The number of fused-ring (bicyclic) bond motifs is 5. The molecule has 0 saturated heterocycles. The van der Waals surface area contributed by atoms with E-state index in [1.807, 2.05) is 9.13 Å². The lowest BCUT2D eigenvalue weighted by molar-refractivity contribution is 0.174. The van der Waals surface area contributed by atoms with Crippen molar-refractivity contribution in [2.45, 2.75) is 20.1 Å². The Morgan fingerprint density at radius 3 is 3.00 bits per heavy atom. The molecule has 3 aromatic rings. The lowest BCUT2D eigenvalue weighted by Gasteiger charge is -2.08. The zero-order chi connectivity index (χ0) is 16.0. The molecule has 6 heteroatoms. The highest BCUT2D eigenvalue weighted by Gasteiger charge is 2.25. The predicted octanol–water partition coefficient (Wildman–Crippen LogP) is 1.93. The second-order valence-electron chi connectivity index (χ2n) is 5.53. The summed E-state index contributed by atoms with van der Waals surface area (Å²) in [5, 5.41) is 8.66. The first kappa shape index (κ1) is 13.7. The summed E-state index contributed by atoms with van der Waals surface area (Å²) < 4.78 is 9.33. The van der Waals surface area contributed by atoms with E-state index < -0.39 is 0 Å². The maximum Gasteiger partial charge on any atom is 0.166 e. The molecule has 0 amide bonds. The standard InChI is InChI=1S/C17H15N5O/c1-4-13-15-8-21-16(9-23-3)19-20-17(21)12-7-11(2)5-6-14(12)22(15)10-18-13/h1,5-7,10H,8-9H2,2-3H3. The fourth-order valence-electron chi connectivity index (χ4n) is 2.98. The van der Waals surface area contributed by atoms with Crippen molar-refractivity contribution in [3.05, 3.63) is 47.3 Å². The number of terminal acetylenes is 1. The number of imidazole rings is 1. The second-order valence-corrected chi connectivity index (χ2v) is 5.53. The van der Waals surface area contributed by atoms with Crippen LogP contribution in [0.15, 0.2) is 24.5 Å². The molecule has 0 bridgehead atoms. The highest BCUT2D eigenvalue weighted by Crippen LogP contribution is 2.32. The van der Waals surface area contributed by atoms with Crippen molar-refractivity contribution in [3.8, 4) is 29.4 Å². The molecule has 2 aromatic heterocycles. The van der Waals surface area contributed by atoms with Gasteiger partial charge in [-0.25, -0.2) is 4.98 Å². The van der Waals surface area contributed by atoms with E-state index in [1.165, 1.54) is 0 Å². The minimum Gasteiger partial charge on any atom is -0.377 e. The topological polar surface area (TPSA) is 57.8 Å². The van der Waals surface area contributed by atoms with Crippen molar-refractivity contribution >= 4 is 0 Å².